The molecule has 1 nitrogen and oxygen atoms in total. The van der Waals surface area contributed by atoms with E-state index in [1.807, 2.05) is 0 Å². The average Bonchev–Trinajstić information content (AvgIpc) is 2.98. The number of benzene rings is 5. The van der Waals surface area contributed by atoms with Gasteiger partial charge in [-0.05, 0) is 48.8 Å². The highest BCUT2D eigenvalue weighted by atomic mass is 31.1. The highest BCUT2D eigenvalue weighted by Crippen LogP contribution is 2.46. The van der Waals surface area contributed by atoms with Gasteiger partial charge in [0, 0.05) is 5.66 Å². The molecule has 0 aliphatic rings. The Labute approximate surface area is 223 Å². The first-order valence-corrected chi connectivity index (χ1v) is 15.7. The number of hydrogen-bond donors (Lipinski definition) is 0. The maximum absolute atomic E-state index is 6.51. The molecule has 0 radical (unpaired) electrons. The second-order valence-electron chi connectivity index (χ2n) is 8.98. The van der Waals surface area contributed by atoms with Gasteiger partial charge >= 0.3 is 0 Å². The SMILES string of the molecule is c1ccc(COC[C@H](CP(c2ccccc2)c2ccccc2)P(c2ccccc2)c2ccccc2)cc1. The summed E-state index contributed by atoms with van der Waals surface area (Å²) in [6, 6.07) is 54.8. The van der Waals surface area contributed by atoms with Crippen LogP contribution in [0.4, 0.5) is 0 Å². The Balaban J connectivity index is 1.52. The Bertz CT molecular complexity index is 1230. The molecule has 5 aromatic carbocycles. The van der Waals surface area contributed by atoms with Gasteiger partial charge in [-0.3, -0.25) is 0 Å². The molecule has 0 saturated heterocycles. The fraction of sp³-hybridized carbons (Fsp3) is 0.118. The lowest BCUT2D eigenvalue weighted by Crippen LogP contribution is -2.31. The number of hydrogen-bond acceptors (Lipinski definition) is 1. The van der Waals surface area contributed by atoms with Gasteiger partial charge in [0.05, 0.1) is 13.2 Å². The fourth-order valence-corrected chi connectivity index (χ4v) is 10.5. The maximum atomic E-state index is 6.51. The zero-order chi connectivity index (χ0) is 25.1. The van der Waals surface area contributed by atoms with E-state index in [4.69, 9.17) is 4.74 Å². The van der Waals surface area contributed by atoms with Crippen molar-refractivity contribution in [3.05, 3.63) is 157 Å². The molecule has 0 aliphatic heterocycles. The molecule has 3 heteroatoms. The minimum Gasteiger partial charge on any atom is -0.376 e. The van der Waals surface area contributed by atoms with Gasteiger partial charge in [0.2, 0.25) is 0 Å². The van der Waals surface area contributed by atoms with E-state index in [0.717, 1.165) is 12.8 Å². The smallest absolute Gasteiger partial charge is 0.0717 e. The van der Waals surface area contributed by atoms with Gasteiger partial charge in [-0.1, -0.05) is 152 Å². The molecule has 0 amide bonds. The van der Waals surface area contributed by atoms with Crippen molar-refractivity contribution in [1.82, 2.24) is 0 Å². The van der Waals surface area contributed by atoms with Crippen LogP contribution in [0.25, 0.3) is 0 Å². The molecule has 5 rings (SSSR count). The lowest BCUT2D eigenvalue weighted by Gasteiger charge is -2.32. The van der Waals surface area contributed by atoms with Gasteiger partial charge in [0.1, 0.15) is 0 Å². The molecule has 0 fully saturated rings. The van der Waals surface area contributed by atoms with Crippen molar-refractivity contribution in [2.75, 3.05) is 12.8 Å². The molecular weight excluding hydrogens is 486 g/mol. The standard InChI is InChI=1S/C34H32OP2/c1-6-16-29(17-7-1)26-35-27-34(37(32-22-12-4-13-23-32)33-24-14-5-15-25-33)28-36(30-18-8-2-9-19-30)31-20-10-3-11-21-31/h1-25,34H,26-28H2/t34-/m1/s1. The highest BCUT2D eigenvalue weighted by Gasteiger charge is 2.29. The van der Waals surface area contributed by atoms with Crippen LogP contribution in [0.1, 0.15) is 5.56 Å². The highest BCUT2D eigenvalue weighted by molar-refractivity contribution is 7.77. The Morgan fingerprint density at radius 2 is 0.838 bits per heavy atom. The summed E-state index contributed by atoms with van der Waals surface area (Å²) in [4.78, 5) is 0. The summed E-state index contributed by atoms with van der Waals surface area (Å²) in [6.45, 7) is 1.36. The summed E-state index contributed by atoms with van der Waals surface area (Å²) >= 11 is 0. The van der Waals surface area contributed by atoms with Crippen molar-refractivity contribution >= 4 is 37.1 Å². The third kappa shape index (κ3) is 7.03. The summed E-state index contributed by atoms with van der Waals surface area (Å²) in [5.41, 5.74) is 1.59. The van der Waals surface area contributed by atoms with Crippen molar-refractivity contribution in [3.8, 4) is 0 Å². The molecule has 0 heterocycles. The molecule has 0 bridgehead atoms. The molecule has 5 aromatic rings. The first-order chi connectivity index (χ1) is 18.4. The number of rotatable bonds is 11. The zero-order valence-corrected chi connectivity index (χ0v) is 22.7. The van der Waals surface area contributed by atoms with Crippen molar-refractivity contribution in [2.45, 2.75) is 12.3 Å². The van der Waals surface area contributed by atoms with Crippen LogP contribution in [0, 0.1) is 0 Å². The van der Waals surface area contributed by atoms with Gasteiger partial charge in [-0.15, -0.1) is 0 Å². The third-order valence-corrected chi connectivity index (χ3v) is 12.1. The molecule has 0 N–H and O–H groups in total. The van der Waals surface area contributed by atoms with E-state index in [1.165, 1.54) is 26.8 Å². The summed E-state index contributed by atoms with van der Waals surface area (Å²) in [6.07, 6.45) is 1.08. The first kappa shape index (κ1) is 25.6. The third-order valence-electron chi connectivity index (χ3n) is 6.38. The van der Waals surface area contributed by atoms with E-state index in [1.54, 1.807) is 0 Å². The largest absolute Gasteiger partial charge is 0.376 e. The Kier molecular flexibility index (Phi) is 9.30. The molecule has 184 valence electrons. The lowest BCUT2D eigenvalue weighted by molar-refractivity contribution is 0.124. The Hall–Kier alpha value is -3.08. The molecule has 1 atom stereocenters. The van der Waals surface area contributed by atoms with E-state index in [-0.39, 0.29) is 0 Å². The van der Waals surface area contributed by atoms with E-state index in [2.05, 4.69) is 152 Å². The number of ether oxygens (including phenoxy) is 1. The molecule has 0 saturated carbocycles. The Morgan fingerprint density at radius 1 is 0.459 bits per heavy atom. The van der Waals surface area contributed by atoms with Crippen molar-refractivity contribution in [1.29, 1.82) is 0 Å². The van der Waals surface area contributed by atoms with Crippen molar-refractivity contribution in [2.24, 2.45) is 0 Å². The normalized spacial score (nSPS) is 12.1. The predicted octanol–water partition coefficient (Wildman–Crippen LogP) is 6.84. The second-order valence-corrected chi connectivity index (χ2v) is 13.7. The van der Waals surface area contributed by atoms with E-state index < -0.39 is 15.8 Å². The summed E-state index contributed by atoms with van der Waals surface area (Å²) in [7, 11) is -1.15. The van der Waals surface area contributed by atoms with Crippen molar-refractivity contribution < 1.29 is 4.74 Å². The van der Waals surface area contributed by atoms with Gasteiger partial charge in [0.15, 0.2) is 0 Å². The second kappa shape index (κ2) is 13.5. The van der Waals surface area contributed by atoms with Crippen LogP contribution in [0.5, 0.6) is 0 Å². The topological polar surface area (TPSA) is 9.23 Å². The maximum Gasteiger partial charge on any atom is 0.0717 e. The van der Waals surface area contributed by atoms with Gasteiger partial charge in [-0.2, -0.15) is 0 Å². The van der Waals surface area contributed by atoms with Crippen LogP contribution in [-0.2, 0) is 11.3 Å². The molecular formula is C34H32OP2. The molecule has 37 heavy (non-hydrogen) atoms. The van der Waals surface area contributed by atoms with Gasteiger partial charge in [0.25, 0.3) is 0 Å². The van der Waals surface area contributed by atoms with Gasteiger partial charge in [-0.25, -0.2) is 0 Å². The molecule has 0 aromatic heterocycles. The minimum absolute atomic E-state index is 0.370. The lowest BCUT2D eigenvalue weighted by atomic mass is 10.2. The van der Waals surface area contributed by atoms with E-state index >= 15 is 0 Å². The summed E-state index contributed by atoms with van der Waals surface area (Å²) < 4.78 is 6.51. The van der Waals surface area contributed by atoms with Crippen LogP contribution in [0.2, 0.25) is 0 Å². The van der Waals surface area contributed by atoms with Crippen LogP contribution in [0.3, 0.4) is 0 Å². The monoisotopic (exact) mass is 518 g/mol. The minimum atomic E-state index is -0.617. The molecule has 0 unspecified atom stereocenters. The van der Waals surface area contributed by atoms with Crippen LogP contribution in [-0.4, -0.2) is 18.4 Å². The van der Waals surface area contributed by atoms with E-state index in [0.29, 0.717) is 12.3 Å². The quantitative estimate of drug-likeness (QED) is 0.174. The first-order valence-electron chi connectivity index (χ1n) is 12.8. The summed E-state index contributed by atoms with van der Waals surface area (Å²) in [5.74, 6) is 0. The van der Waals surface area contributed by atoms with Crippen LogP contribution in [0.15, 0.2) is 152 Å². The van der Waals surface area contributed by atoms with Crippen LogP contribution < -0.4 is 21.2 Å². The summed E-state index contributed by atoms with van der Waals surface area (Å²) in [5, 5.41) is 5.67. The van der Waals surface area contributed by atoms with Crippen molar-refractivity contribution in [3.63, 3.8) is 0 Å². The van der Waals surface area contributed by atoms with Gasteiger partial charge < -0.3 is 4.74 Å². The van der Waals surface area contributed by atoms with Crippen LogP contribution >= 0.6 is 15.8 Å². The van der Waals surface area contributed by atoms with E-state index in [9.17, 15) is 0 Å². The fourth-order valence-electron chi connectivity index (χ4n) is 4.63. The zero-order valence-electron chi connectivity index (χ0n) is 20.9. The molecule has 0 aliphatic carbocycles. The Morgan fingerprint density at radius 3 is 1.27 bits per heavy atom. The predicted molar refractivity (Wildman–Crippen MR) is 163 cm³/mol. The molecule has 0 spiro atoms. The average molecular weight is 519 g/mol.